The standard InChI is InChI=1S/C75H145NO5/c1-3-5-7-9-11-13-15-17-18-19-35-39-42-45-49-53-57-61-65-69-75(80)81-70-66-62-58-54-50-46-43-40-37-34-32-30-28-26-24-22-20-21-23-25-27-29-31-33-36-38-41-44-48-52-56-60-64-68-74(79)76-72(71-77)73(78)67-63-59-55-51-47-16-14-12-10-8-6-4-2/h24,26,30,32,72-73,77-78H,3-23,25,27-29,31,33-71H2,1-2H3,(H,76,79)/b26-24-,32-30-. The molecule has 0 saturated heterocycles. The SMILES string of the molecule is CCCCCCCCCCCCCCCCCCCCCC(=O)OCCCCCCCCCCC/C=C\C/C=C\CCCCCCCCCCCCCCCCCCCC(=O)NC(CO)C(O)CCCCCCCCCCCCCC. The fourth-order valence-electron chi connectivity index (χ4n) is 11.9. The molecule has 0 aliphatic rings. The summed E-state index contributed by atoms with van der Waals surface area (Å²) in [5.74, 6) is -0.0116. The fraction of sp³-hybridized carbons (Fsp3) is 0.920. The average Bonchev–Trinajstić information content (AvgIpc) is 3.47. The van der Waals surface area contributed by atoms with Crippen molar-refractivity contribution < 1.29 is 24.5 Å². The van der Waals surface area contributed by atoms with Crippen LogP contribution in [0.5, 0.6) is 0 Å². The van der Waals surface area contributed by atoms with E-state index in [0.717, 1.165) is 44.9 Å². The molecule has 3 N–H and O–H groups in total. The van der Waals surface area contributed by atoms with Gasteiger partial charge in [-0.15, -0.1) is 0 Å². The Morgan fingerprint density at radius 1 is 0.346 bits per heavy atom. The molecule has 0 aliphatic carbocycles. The number of nitrogens with one attached hydrogen (secondary N) is 1. The Hall–Kier alpha value is -1.66. The van der Waals surface area contributed by atoms with Crippen molar-refractivity contribution in [2.24, 2.45) is 0 Å². The third-order valence-electron chi connectivity index (χ3n) is 17.5. The molecule has 81 heavy (non-hydrogen) atoms. The molecule has 2 unspecified atom stereocenters. The summed E-state index contributed by atoms with van der Waals surface area (Å²) in [6.45, 7) is 4.99. The molecule has 0 aromatic heterocycles. The molecule has 0 bridgehead atoms. The third-order valence-corrected chi connectivity index (χ3v) is 17.5. The molecule has 6 nitrogen and oxygen atoms in total. The smallest absolute Gasteiger partial charge is 0.305 e. The minimum Gasteiger partial charge on any atom is -0.466 e. The van der Waals surface area contributed by atoms with Crippen molar-refractivity contribution in [1.82, 2.24) is 5.32 Å². The van der Waals surface area contributed by atoms with Crippen LogP contribution >= 0.6 is 0 Å². The van der Waals surface area contributed by atoms with E-state index in [1.54, 1.807) is 0 Å². The lowest BCUT2D eigenvalue weighted by atomic mass is 10.0. The predicted molar refractivity (Wildman–Crippen MR) is 356 cm³/mol. The molecule has 6 heteroatoms. The summed E-state index contributed by atoms with van der Waals surface area (Å²) in [6, 6.07) is -0.539. The van der Waals surface area contributed by atoms with E-state index in [-0.39, 0.29) is 18.5 Å². The van der Waals surface area contributed by atoms with Gasteiger partial charge in [0.05, 0.1) is 25.4 Å². The van der Waals surface area contributed by atoms with Crippen LogP contribution in [0.25, 0.3) is 0 Å². The highest BCUT2D eigenvalue weighted by molar-refractivity contribution is 5.76. The van der Waals surface area contributed by atoms with Crippen molar-refractivity contribution in [2.45, 2.75) is 431 Å². The van der Waals surface area contributed by atoms with Gasteiger partial charge in [-0.25, -0.2) is 0 Å². The zero-order valence-electron chi connectivity index (χ0n) is 55.0. The quantitative estimate of drug-likeness (QED) is 0.0320. The molecule has 0 radical (unpaired) electrons. The fourth-order valence-corrected chi connectivity index (χ4v) is 11.9. The van der Waals surface area contributed by atoms with Gasteiger partial charge >= 0.3 is 5.97 Å². The number of esters is 1. The molecule has 0 heterocycles. The molecular formula is C75H145NO5. The van der Waals surface area contributed by atoms with Crippen LogP contribution in [0.15, 0.2) is 24.3 Å². The van der Waals surface area contributed by atoms with Gasteiger partial charge in [-0.1, -0.05) is 372 Å². The first-order valence-corrected chi connectivity index (χ1v) is 37.1. The van der Waals surface area contributed by atoms with Gasteiger partial charge in [-0.3, -0.25) is 9.59 Å². The normalized spacial score (nSPS) is 12.6. The van der Waals surface area contributed by atoms with Gasteiger partial charge in [0.1, 0.15) is 0 Å². The van der Waals surface area contributed by atoms with E-state index in [1.165, 1.54) is 340 Å². The zero-order chi connectivity index (χ0) is 58.5. The van der Waals surface area contributed by atoms with E-state index in [2.05, 4.69) is 43.5 Å². The van der Waals surface area contributed by atoms with Gasteiger partial charge in [0.15, 0.2) is 0 Å². The Morgan fingerprint density at radius 3 is 0.938 bits per heavy atom. The number of allylic oxidation sites excluding steroid dienone is 4. The molecule has 0 aromatic rings. The van der Waals surface area contributed by atoms with E-state index in [0.29, 0.717) is 25.9 Å². The molecule has 0 saturated carbocycles. The monoisotopic (exact) mass is 1140 g/mol. The number of hydrogen-bond acceptors (Lipinski definition) is 5. The molecule has 0 aromatic carbocycles. The van der Waals surface area contributed by atoms with Crippen LogP contribution in [-0.4, -0.2) is 47.4 Å². The molecule has 0 rings (SSSR count). The van der Waals surface area contributed by atoms with Gasteiger partial charge < -0.3 is 20.3 Å². The summed E-state index contributed by atoms with van der Waals surface area (Å²) in [6.07, 6.45) is 89.7. The maximum Gasteiger partial charge on any atom is 0.305 e. The van der Waals surface area contributed by atoms with Gasteiger partial charge in [0.25, 0.3) is 0 Å². The Labute approximate surface area is 507 Å². The lowest BCUT2D eigenvalue weighted by Gasteiger charge is -2.22. The van der Waals surface area contributed by atoms with Crippen LogP contribution in [-0.2, 0) is 14.3 Å². The van der Waals surface area contributed by atoms with Gasteiger partial charge in [-0.05, 0) is 57.8 Å². The molecular weight excluding hydrogens is 995 g/mol. The van der Waals surface area contributed by atoms with Crippen LogP contribution in [0.1, 0.15) is 418 Å². The highest BCUT2D eigenvalue weighted by atomic mass is 16.5. The third kappa shape index (κ3) is 67.3. The Kier molecular flexibility index (Phi) is 69.4. The van der Waals surface area contributed by atoms with Gasteiger partial charge in [0.2, 0.25) is 5.91 Å². The number of hydrogen-bond donors (Lipinski definition) is 3. The summed E-state index contributed by atoms with van der Waals surface area (Å²) in [4.78, 5) is 24.6. The first-order chi connectivity index (χ1) is 40.0. The van der Waals surface area contributed by atoms with E-state index < -0.39 is 12.1 Å². The Morgan fingerprint density at radius 2 is 0.617 bits per heavy atom. The summed E-state index contributed by atoms with van der Waals surface area (Å²) in [5.41, 5.74) is 0. The molecule has 2 atom stereocenters. The lowest BCUT2D eigenvalue weighted by molar-refractivity contribution is -0.143. The van der Waals surface area contributed by atoms with Crippen molar-refractivity contribution in [3.63, 3.8) is 0 Å². The van der Waals surface area contributed by atoms with Crippen LogP contribution in [0.4, 0.5) is 0 Å². The summed E-state index contributed by atoms with van der Waals surface area (Å²) < 4.78 is 5.51. The van der Waals surface area contributed by atoms with Gasteiger partial charge in [-0.2, -0.15) is 0 Å². The topological polar surface area (TPSA) is 95.9 Å². The molecule has 0 aliphatic heterocycles. The predicted octanol–water partition coefficient (Wildman–Crippen LogP) is 24.1. The molecule has 0 fully saturated rings. The summed E-state index contributed by atoms with van der Waals surface area (Å²) >= 11 is 0. The van der Waals surface area contributed by atoms with Crippen molar-refractivity contribution in [2.75, 3.05) is 13.2 Å². The van der Waals surface area contributed by atoms with Crippen molar-refractivity contribution >= 4 is 11.9 Å². The number of carbonyl (C=O) groups excluding carboxylic acids is 2. The van der Waals surface area contributed by atoms with E-state index in [4.69, 9.17) is 4.74 Å². The van der Waals surface area contributed by atoms with Crippen LogP contribution in [0.2, 0.25) is 0 Å². The van der Waals surface area contributed by atoms with Crippen molar-refractivity contribution in [3.8, 4) is 0 Å². The van der Waals surface area contributed by atoms with Crippen LogP contribution in [0.3, 0.4) is 0 Å². The first kappa shape index (κ1) is 79.3. The van der Waals surface area contributed by atoms with E-state index >= 15 is 0 Å². The maximum absolute atomic E-state index is 12.5. The largest absolute Gasteiger partial charge is 0.466 e. The second kappa shape index (κ2) is 70.8. The van der Waals surface area contributed by atoms with Crippen LogP contribution < -0.4 is 5.32 Å². The number of amides is 1. The maximum atomic E-state index is 12.5. The van der Waals surface area contributed by atoms with Crippen molar-refractivity contribution in [3.05, 3.63) is 24.3 Å². The number of aliphatic hydroxyl groups is 2. The second-order valence-corrected chi connectivity index (χ2v) is 25.6. The number of aliphatic hydroxyl groups excluding tert-OH is 2. The van der Waals surface area contributed by atoms with Crippen molar-refractivity contribution in [1.29, 1.82) is 0 Å². The second-order valence-electron chi connectivity index (χ2n) is 25.6. The zero-order valence-corrected chi connectivity index (χ0v) is 55.0. The van der Waals surface area contributed by atoms with E-state index in [9.17, 15) is 19.8 Å². The lowest BCUT2D eigenvalue weighted by Crippen LogP contribution is -2.45. The summed E-state index contributed by atoms with van der Waals surface area (Å²) in [7, 11) is 0. The van der Waals surface area contributed by atoms with E-state index in [1.807, 2.05) is 0 Å². The minimum absolute atomic E-state index is 0.0198. The highest BCUT2D eigenvalue weighted by Crippen LogP contribution is 2.19. The van der Waals surface area contributed by atoms with Gasteiger partial charge in [0, 0.05) is 12.8 Å². The molecule has 1 amide bonds. The summed E-state index contributed by atoms with van der Waals surface area (Å²) in [5, 5.41) is 23.3. The number of unbranched alkanes of at least 4 members (excludes halogenated alkanes) is 55. The minimum atomic E-state index is -0.662. The average molecular weight is 1140 g/mol. The Balaban J connectivity index is 3.34. The number of rotatable bonds is 70. The Bertz CT molecular complexity index is 1270. The highest BCUT2D eigenvalue weighted by Gasteiger charge is 2.20. The molecule has 480 valence electrons. The number of ether oxygens (including phenoxy) is 1. The molecule has 0 spiro atoms. The first-order valence-electron chi connectivity index (χ1n) is 37.1. The van der Waals surface area contributed by atoms with Crippen LogP contribution in [0, 0.1) is 0 Å². The number of carbonyl (C=O) groups is 2.